The molecule has 4 heteroatoms. The molecule has 0 aromatic heterocycles. The fourth-order valence-electron chi connectivity index (χ4n) is 5.81. The molecule has 0 spiro atoms. The van der Waals surface area contributed by atoms with Crippen LogP contribution in [-0.4, -0.2) is 23.4 Å². The van der Waals surface area contributed by atoms with Crippen LogP contribution in [-0.2, 0) is 4.79 Å². The van der Waals surface area contributed by atoms with Gasteiger partial charge in [-0.15, -0.1) is 0 Å². The molecular formula is C17H26N2O2. The molecule has 0 heterocycles. The van der Waals surface area contributed by atoms with Crippen LogP contribution in [0, 0.1) is 17.8 Å². The van der Waals surface area contributed by atoms with Crippen LogP contribution in [0.3, 0.4) is 0 Å². The summed E-state index contributed by atoms with van der Waals surface area (Å²) in [5.74, 6) is 2.89. The van der Waals surface area contributed by atoms with Gasteiger partial charge in [0.05, 0.1) is 0 Å². The number of carbonyl (C=O) groups is 2. The first kappa shape index (κ1) is 13.6. The Morgan fingerprint density at radius 3 is 2.00 bits per heavy atom. The Hall–Kier alpha value is -1.06. The average molecular weight is 290 g/mol. The van der Waals surface area contributed by atoms with Crippen LogP contribution in [0.15, 0.2) is 0 Å². The monoisotopic (exact) mass is 290 g/mol. The second-order valence-corrected chi connectivity index (χ2v) is 8.11. The van der Waals surface area contributed by atoms with Gasteiger partial charge in [-0.05, 0) is 69.1 Å². The maximum absolute atomic E-state index is 12.4. The van der Waals surface area contributed by atoms with Gasteiger partial charge in [0.15, 0.2) is 0 Å². The Morgan fingerprint density at radius 2 is 1.48 bits per heavy atom. The zero-order valence-corrected chi connectivity index (χ0v) is 12.7. The number of hydrogen-bond acceptors (Lipinski definition) is 2. The Balaban J connectivity index is 1.35. The number of nitrogens with one attached hydrogen (secondary N) is 2. The van der Waals surface area contributed by atoms with E-state index in [1.165, 1.54) is 38.5 Å². The van der Waals surface area contributed by atoms with Crippen molar-refractivity contribution in [2.24, 2.45) is 17.8 Å². The molecule has 2 amide bonds. The van der Waals surface area contributed by atoms with Gasteiger partial charge in [-0.1, -0.05) is 0 Å². The lowest BCUT2D eigenvalue weighted by molar-refractivity contribution is -0.120. The number of hydrogen-bond donors (Lipinski definition) is 2. The maximum atomic E-state index is 12.4. The zero-order valence-electron chi connectivity index (χ0n) is 12.7. The summed E-state index contributed by atoms with van der Waals surface area (Å²) >= 11 is 0. The van der Waals surface area contributed by atoms with Crippen LogP contribution in [0.25, 0.3) is 0 Å². The average Bonchev–Trinajstić information content (AvgIpc) is 2.39. The summed E-state index contributed by atoms with van der Waals surface area (Å²) in [6.45, 7) is 0. The first-order chi connectivity index (χ1) is 10.1. The summed E-state index contributed by atoms with van der Waals surface area (Å²) in [4.78, 5) is 23.6. The fourth-order valence-corrected chi connectivity index (χ4v) is 5.81. The molecule has 2 N–H and O–H groups in total. The molecule has 0 atom stereocenters. The topological polar surface area (TPSA) is 58.2 Å². The minimum Gasteiger partial charge on any atom is -0.335 e. The molecule has 5 rings (SSSR count). The molecule has 4 bridgehead atoms. The van der Waals surface area contributed by atoms with Crippen LogP contribution < -0.4 is 10.6 Å². The number of Topliss-reactive ketones (excluding diaryl/α,β-unsaturated/α-hetero) is 1. The maximum Gasteiger partial charge on any atom is 0.315 e. The summed E-state index contributed by atoms with van der Waals surface area (Å²) in [7, 11) is 0. The Kier molecular flexibility index (Phi) is 3.23. The second-order valence-electron chi connectivity index (χ2n) is 8.11. The number of urea groups is 1. The van der Waals surface area contributed by atoms with E-state index >= 15 is 0 Å². The normalized spacial score (nSPS) is 42.1. The SMILES string of the molecule is O=C1CCC(NC(=O)NC23CC4CC(CC(C4)C2)C3)CC1. The summed E-state index contributed by atoms with van der Waals surface area (Å²) < 4.78 is 0. The molecule has 0 unspecified atom stereocenters. The third-order valence-corrected chi connectivity index (χ3v) is 6.30. The van der Waals surface area contributed by atoms with Crippen LogP contribution in [0.2, 0.25) is 0 Å². The zero-order chi connectivity index (χ0) is 14.4. The molecule has 116 valence electrons. The predicted octanol–water partition coefficient (Wildman–Crippen LogP) is 2.77. The van der Waals surface area contributed by atoms with Crippen molar-refractivity contribution < 1.29 is 9.59 Å². The van der Waals surface area contributed by atoms with Crippen LogP contribution >= 0.6 is 0 Å². The summed E-state index contributed by atoms with van der Waals surface area (Å²) in [6.07, 6.45) is 10.6. The first-order valence-electron chi connectivity index (χ1n) is 8.71. The van der Waals surface area contributed by atoms with E-state index in [-0.39, 0.29) is 17.6 Å². The van der Waals surface area contributed by atoms with Gasteiger partial charge in [0.2, 0.25) is 0 Å². The molecule has 4 nitrogen and oxygen atoms in total. The molecule has 0 saturated heterocycles. The highest BCUT2D eigenvalue weighted by Crippen LogP contribution is 2.55. The molecule has 0 aromatic carbocycles. The van der Waals surface area contributed by atoms with E-state index in [0.29, 0.717) is 18.6 Å². The number of rotatable bonds is 2. The number of ketones is 1. The van der Waals surface area contributed by atoms with Crippen molar-refractivity contribution in [1.29, 1.82) is 0 Å². The van der Waals surface area contributed by atoms with Crippen LogP contribution in [0.4, 0.5) is 4.79 Å². The Morgan fingerprint density at radius 1 is 0.952 bits per heavy atom. The van der Waals surface area contributed by atoms with Gasteiger partial charge in [-0.2, -0.15) is 0 Å². The quantitative estimate of drug-likeness (QED) is 0.821. The largest absolute Gasteiger partial charge is 0.335 e. The minimum absolute atomic E-state index is 0.0105. The number of carbonyl (C=O) groups excluding carboxylic acids is 2. The Labute approximate surface area is 126 Å². The van der Waals surface area contributed by atoms with E-state index in [4.69, 9.17) is 0 Å². The number of amides is 2. The van der Waals surface area contributed by atoms with E-state index in [2.05, 4.69) is 10.6 Å². The van der Waals surface area contributed by atoms with Gasteiger partial charge in [-0.3, -0.25) is 4.79 Å². The van der Waals surface area contributed by atoms with E-state index in [1.54, 1.807) is 0 Å². The van der Waals surface area contributed by atoms with Gasteiger partial charge in [0, 0.05) is 24.4 Å². The molecule has 0 aromatic rings. The highest BCUT2D eigenvalue weighted by molar-refractivity contribution is 5.80. The molecular weight excluding hydrogens is 264 g/mol. The summed E-state index contributed by atoms with van der Waals surface area (Å²) in [6, 6.07) is 0.202. The van der Waals surface area contributed by atoms with Gasteiger partial charge in [-0.25, -0.2) is 4.79 Å². The van der Waals surface area contributed by atoms with Crippen molar-refractivity contribution in [3.8, 4) is 0 Å². The van der Waals surface area contributed by atoms with Crippen molar-refractivity contribution >= 4 is 11.8 Å². The van der Waals surface area contributed by atoms with Crippen molar-refractivity contribution in [2.45, 2.75) is 75.8 Å². The molecule has 21 heavy (non-hydrogen) atoms. The van der Waals surface area contributed by atoms with E-state index in [9.17, 15) is 9.59 Å². The lowest BCUT2D eigenvalue weighted by Crippen LogP contribution is -2.62. The summed E-state index contributed by atoms with van der Waals surface area (Å²) in [5, 5.41) is 6.46. The van der Waals surface area contributed by atoms with Gasteiger partial charge in [0.1, 0.15) is 5.78 Å². The lowest BCUT2D eigenvalue weighted by Gasteiger charge is -2.56. The first-order valence-corrected chi connectivity index (χ1v) is 8.71. The van der Waals surface area contributed by atoms with Crippen molar-refractivity contribution in [2.75, 3.05) is 0 Å². The van der Waals surface area contributed by atoms with Crippen molar-refractivity contribution in [3.63, 3.8) is 0 Å². The molecule has 5 saturated carbocycles. The molecule has 5 fully saturated rings. The van der Waals surface area contributed by atoms with E-state index < -0.39 is 0 Å². The van der Waals surface area contributed by atoms with Crippen molar-refractivity contribution in [1.82, 2.24) is 10.6 Å². The standard InChI is InChI=1S/C17H26N2O2/c20-15-3-1-14(2-4-15)18-16(21)19-17-8-11-5-12(9-17)7-13(6-11)10-17/h11-14H,1-10H2,(H2,18,19,21). The predicted molar refractivity (Wildman–Crippen MR) is 79.8 cm³/mol. The Bertz CT molecular complexity index is 414. The van der Waals surface area contributed by atoms with Crippen LogP contribution in [0.5, 0.6) is 0 Å². The highest BCUT2D eigenvalue weighted by atomic mass is 16.2. The lowest BCUT2D eigenvalue weighted by atomic mass is 9.53. The highest BCUT2D eigenvalue weighted by Gasteiger charge is 2.51. The van der Waals surface area contributed by atoms with Crippen molar-refractivity contribution in [3.05, 3.63) is 0 Å². The second kappa shape index (κ2) is 4.99. The smallest absolute Gasteiger partial charge is 0.315 e. The van der Waals surface area contributed by atoms with Gasteiger partial charge in [0.25, 0.3) is 0 Å². The van der Waals surface area contributed by atoms with E-state index in [0.717, 1.165) is 30.6 Å². The van der Waals surface area contributed by atoms with Crippen LogP contribution in [0.1, 0.15) is 64.2 Å². The molecule has 5 aliphatic rings. The molecule has 5 aliphatic carbocycles. The van der Waals surface area contributed by atoms with Gasteiger partial charge < -0.3 is 10.6 Å². The van der Waals surface area contributed by atoms with Gasteiger partial charge >= 0.3 is 6.03 Å². The third-order valence-electron chi connectivity index (χ3n) is 6.30. The summed E-state index contributed by atoms with van der Waals surface area (Å²) in [5.41, 5.74) is 0.0866. The third kappa shape index (κ3) is 2.69. The fraction of sp³-hybridized carbons (Fsp3) is 0.882. The molecule has 0 radical (unpaired) electrons. The van der Waals surface area contributed by atoms with E-state index in [1.807, 2.05) is 0 Å². The minimum atomic E-state index is 0.0105. The molecule has 0 aliphatic heterocycles.